The number of aliphatic hydroxyl groups is 1. The zero-order valence-corrected chi connectivity index (χ0v) is 24.0. The summed E-state index contributed by atoms with van der Waals surface area (Å²) in [6.45, 7) is 0.977. The molecule has 4 N–H and O–H groups in total. The Morgan fingerprint density at radius 3 is 2.02 bits per heavy atom. The molecule has 2 aliphatic rings. The second-order valence-electron chi connectivity index (χ2n) is 10.4. The number of nitrogens with one attached hydrogen (secondary N) is 1. The molecule has 11 heteroatoms. The van der Waals surface area contributed by atoms with Gasteiger partial charge in [-0.2, -0.15) is 0 Å². The maximum atomic E-state index is 15.5. The molecule has 1 unspecified atom stereocenters. The third-order valence-electron chi connectivity index (χ3n) is 7.83. The van der Waals surface area contributed by atoms with E-state index in [-0.39, 0.29) is 6.61 Å². The molecule has 43 heavy (non-hydrogen) atoms. The molecule has 2 aliphatic heterocycles. The van der Waals surface area contributed by atoms with E-state index in [1.807, 2.05) is 78.9 Å². The zero-order chi connectivity index (χ0) is 30.8. The van der Waals surface area contributed by atoms with Crippen LogP contribution in [0.4, 0.5) is 9.18 Å². The molecule has 0 aromatic heterocycles. The quantitative estimate of drug-likeness (QED) is 0.306. The van der Waals surface area contributed by atoms with Crippen molar-refractivity contribution in [2.24, 2.45) is 5.73 Å². The SMILES string of the molecule is COc1ccc(C(OC[C@H]2O[C@@H](N3C=CC(N)(C(C)=O)NC3=O)[C@H](F)[C@@H]2O)(c2ccccc2)c2ccc(OC)cc2)cc1. The van der Waals surface area contributed by atoms with Crippen LogP contribution in [0.2, 0.25) is 0 Å². The fourth-order valence-electron chi connectivity index (χ4n) is 5.30. The highest BCUT2D eigenvalue weighted by molar-refractivity contribution is 5.93. The average Bonchev–Trinajstić information content (AvgIpc) is 3.31. The van der Waals surface area contributed by atoms with E-state index < -0.39 is 47.7 Å². The lowest BCUT2D eigenvalue weighted by molar-refractivity contribution is -0.122. The molecule has 0 saturated carbocycles. The fraction of sp³-hybridized carbons (Fsp3) is 0.312. The van der Waals surface area contributed by atoms with Gasteiger partial charge in [0.2, 0.25) is 0 Å². The van der Waals surface area contributed by atoms with Gasteiger partial charge in [-0.3, -0.25) is 15.4 Å². The maximum absolute atomic E-state index is 15.5. The molecule has 2 amide bonds. The largest absolute Gasteiger partial charge is 0.497 e. The lowest BCUT2D eigenvalue weighted by Crippen LogP contribution is -2.65. The number of amides is 2. The number of carbonyl (C=O) groups excluding carboxylic acids is 2. The number of methoxy groups -OCH3 is 2. The third kappa shape index (κ3) is 5.59. The van der Waals surface area contributed by atoms with Crippen molar-refractivity contribution in [1.29, 1.82) is 0 Å². The summed E-state index contributed by atoms with van der Waals surface area (Å²) < 4.78 is 38.9. The molecular weight excluding hydrogens is 557 g/mol. The number of ether oxygens (including phenoxy) is 4. The summed E-state index contributed by atoms with van der Waals surface area (Å²) >= 11 is 0. The van der Waals surface area contributed by atoms with Crippen LogP contribution in [0.25, 0.3) is 0 Å². The van der Waals surface area contributed by atoms with Crippen LogP contribution in [0, 0.1) is 0 Å². The minimum Gasteiger partial charge on any atom is -0.497 e. The Bertz CT molecular complexity index is 1420. The van der Waals surface area contributed by atoms with Gasteiger partial charge in [-0.15, -0.1) is 0 Å². The Morgan fingerprint density at radius 2 is 1.53 bits per heavy atom. The standard InChI is InChI=1S/C32H34FN3O7/c1-20(37)31(34)17-18-36(30(39)35-31)29-27(33)28(38)26(43-29)19-42-32(21-7-5-4-6-8-21,22-9-13-24(40-2)14-10-22)23-11-15-25(41-3)16-12-23/h4-18,26-29,38H,19,34H2,1-3H3,(H,35,39)/t26-,27-,28-,29-,31?/m1/s1. The van der Waals surface area contributed by atoms with Gasteiger partial charge in [0.1, 0.15) is 29.3 Å². The second kappa shape index (κ2) is 12.1. The number of hydrogen-bond acceptors (Lipinski definition) is 8. The minimum absolute atomic E-state index is 0.252. The first kappa shape index (κ1) is 30.2. The Balaban J connectivity index is 1.50. The third-order valence-corrected chi connectivity index (χ3v) is 7.83. The number of hydrogen-bond donors (Lipinski definition) is 3. The van der Waals surface area contributed by atoms with Crippen LogP contribution in [0.1, 0.15) is 23.6 Å². The highest BCUT2D eigenvalue weighted by Crippen LogP contribution is 2.42. The average molecular weight is 592 g/mol. The molecule has 0 spiro atoms. The predicted octanol–water partition coefficient (Wildman–Crippen LogP) is 3.22. The number of Topliss-reactive ketones (excluding diaryl/α,β-unsaturated/α-hetero) is 1. The summed E-state index contributed by atoms with van der Waals surface area (Å²) in [6.07, 6.45) is -3.79. The molecule has 1 fully saturated rings. The monoisotopic (exact) mass is 591 g/mol. The van der Waals surface area contributed by atoms with Crippen LogP contribution in [-0.2, 0) is 19.9 Å². The number of aliphatic hydroxyl groups excluding tert-OH is 1. The lowest BCUT2D eigenvalue weighted by atomic mass is 9.80. The molecule has 1 saturated heterocycles. The van der Waals surface area contributed by atoms with Crippen LogP contribution >= 0.6 is 0 Å². The summed E-state index contributed by atoms with van der Waals surface area (Å²) in [5.74, 6) is 0.802. The van der Waals surface area contributed by atoms with Crippen LogP contribution in [0.3, 0.4) is 0 Å². The van der Waals surface area contributed by atoms with E-state index in [9.17, 15) is 14.7 Å². The van der Waals surface area contributed by atoms with Crippen molar-refractivity contribution >= 4 is 11.8 Å². The van der Waals surface area contributed by atoms with Crippen molar-refractivity contribution in [3.63, 3.8) is 0 Å². The Kier molecular flexibility index (Phi) is 8.52. The smallest absolute Gasteiger partial charge is 0.325 e. The van der Waals surface area contributed by atoms with E-state index in [1.54, 1.807) is 14.2 Å². The zero-order valence-electron chi connectivity index (χ0n) is 24.0. The highest BCUT2D eigenvalue weighted by atomic mass is 19.1. The van der Waals surface area contributed by atoms with E-state index in [0.717, 1.165) is 21.6 Å². The molecule has 3 aromatic carbocycles. The number of ketones is 1. The van der Waals surface area contributed by atoms with Crippen LogP contribution in [0.15, 0.2) is 91.1 Å². The first-order chi connectivity index (χ1) is 20.6. The van der Waals surface area contributed by atoms with Crippen LogP contribution in [-0.4, -0.2) is 72.9 Å². The minimum atomic E-state index is -1.97. The molecule has 5 atom stereocenters. The molecule has 0 radical (unpaired) electrons. The van der Waals surface area contributed by atoms with Gasteiger partial charge < -0.3 is 29.4 Å². The topological polar surface area (TPSA) is 133 Å². The molecule has 0 bridgehead atoms. The van der Waals surface area contributed by atoms with Crippen molar-refractivity contribution in [2.45, 2.75) is 42.8 Å². The number of urea groups is 1. The molecule has 0 aliphatic carbocycles. The van der Waals surface area contributed by atoms with Crippen molar-refractivity contribution in [3.05, 3.63) is 108 Å². The van der Waals surface area contributed by atoms with Crippen LogP contribution in [0.5, 0.6) is 11.5 Å². The maximum Gasteiger partial charge on any atom is 0.325 e. The van der Waals surface area contributed by atoms with Gasteiger partial charge in [0.25, 0.3) is 0 Å². The first-order valence-electron chi connectivity index (χ1n) is 13.7. The summed E-state index contributed by atoms with van der Waals surface area (Å²) in [6, 6.07) is 23.4. The summed E-state index contributed by atoms with van der Waals surface area (Å²) in [4.78, 5) is 25.6. The van der Waals surface area contributed by atoms with Gasteiger partial charge in [-0.1, -0.05) is 54.6 Å². The van der Waals surface area contributed by atoms with E-state index in [0.29, 0.717) is 11.5 Å². The van der Waals surface area contributed by atoms with Gasteiger partial charge >= 0.3 is 6.03 Å². The predicted molar refractivity (Wildman–Crippen MR) is 155 cm³/mol. The highest BCUT2D eigenvalue weighted by Gasteiger charge is 2.51. The van der Waals surface area contributed by atoms with Gasteiger partial charge in [0, 0.05) is 6.20 Å². The number of nitrogens with zero attached hydrogens (tertiary/aromatic N) is 1. The first-order valence-corrected chi connectivity index (χ1v) is 13.7. The number of halogens is 1. The number of alkyl halides is 1. The summed E-state index contributed by atoms with van der Waals surface area (Å²) in [7, 11) is 3.15. The Morgan fingerprint density at radius 1 is 1.00 bits per heavy atom. The molecule has 10 nitrogen and oxygen atoms in total. The Labute approximate surface area is 248 Å². The molecule has 5 rings (SSSR count). The summed E-state index contributed by atoms with van der Waals surface area (Å²) in [5.41, 5.74) is 5.24. The van der Waals surface area contributed by atoms with Crippen LogP contribution < -0.4 is 20.5 Å². The van der Waals surface area contributed by atoms with Gasteiger partial charge in [0.15, 0.2) is 23.8 Å². The van der Waals surface area contributed by atoms with Crippen molar-refractivity contribution in [2.75, 3.05) is 20.8 Å². The molecule has 2 heterocycles. The molecule has 3 aromatic rings. The number of rotatable bonds is 10. The van der Waals surface area contributed by atoms with E-state index in [2.05, 4.69) is 5.32 Å². The van der Waals surface area contributed by atoms with Crippen molar-refractivity contribution in [1.82, 2.24) is 10.2 Å². The van der Waals surface area contributed by atoms with E-state index in [1.165, 1.54) is 19.2 Å². The number of nitrogens with two attached hydrogens (primary N) is 1. The van der Waals surface area contributed by atoms with Crippen molar-refractivity contribution < 1.29 is 38.0 Å². The lowest BCUT2D eigenvalue weighted by Gasteiger charge is -2.37. The van der Waals surface area contributed by atoms with Crippen molar-refractivity contribution in [3.8, 4) is 11.5 Å². The molecular formula is C32H34FN3O7. The molecule has 226 valence electrons. The van der Waals surface area contributed by atoms with Gasteiger partial charge in [-0.25, -0.2) is 9.18 Å². The Hall–Kier alpha value is -4.29. The number of carbonyl (C=O) groups is 2. The normalized spacial score (nSPS) is 25.3. The van der Waals surface area contributed by atoms with E-state index in [4.69, 9.17) is 24.7 Å². The second-order valence-corrected chi connectivity index (χ2v) is 10.4. The fourth-order valence-corrected chi connectivity index (χ4v) is 5.30. The number of benzene rings is 3. The van der Waals surface area contributed by atoms with E-state index >= 15 is 4.39 Å². The summed E-state index contributed by atoms with van der Waals surface area (Å²) in [5, 5.41) is 13.3. The van der Waals surface area contributed by atoms with Gasteiger partial charge in [-0.05, 0) is 54.0 Å². The van der Waals surface area contributed by atoms with Gasteiger partial charge in [0.05, 0.1) is 20.8 Å².